The topological polar surface area (TPSA) is 112 Å². The Morgan fingerprint density at radius 3 is 2.67 bits per heavy atom. The number of hydrogen-bond donors (Lipinski definition) is 1. The summed E-state index contributed by atoms with van der Waals surface area (Å²) in [5, 5.41) is 10.6. The second-order valence-electron chi connectivity index (χ2n) is 6.82. The van der Waals surface area contributed by atoms with Gasteiger partial charge in [0, 0.05) is 29.6 Å². The molecule has 0 aliphatic heterocycles. The van der Waals surface area contributed by atoms with Crippen molar-refractivity contribution in [2.24, 2.45) is 0 Å². The molecular formula is C22H19NO7. The number of aromatic hydroxyl groups is 1. The van der Waals surface area contributed by atoms with Gasteiger partial charge in [0.1, 0.15) is 17.9 Å². The fraction of sp³-hybridized carbons (Fsp3) is 0.227. The van der Waals surface area contributed by atoms with Gasteiger partial charge >= 0.3 is 17.4 Å². The standard InChI is InChI=1S/C22H19NO7/c1-2-13-9-15-14(10-21(26)29-19(15)11-17(13)24)12-28-20(25)7-8-23-16-5-3-4-6-18(16)30-22(23)27/h3-6,9-11,24H,2,7-8,12H2,1H3. The van der Waals surface area contributed by atoms with Crippen LogP contribution in [0, 0.1) is 0 Å². The summed E-state index contributed by atoms with van der Waals surface area (Å²) in [6.45, 7) is 1.87. The highest BCUT2D eigenvalue weighted by molar-refractivity contribution is 5.83. The van der Waals surface area contributed by atoms with Crippen molar-refractivity contribution in [3.05, 3.63) is 74.6 Å². The smallest absolute Gasteiger partial charge is 0.419 e. The Morgan fingerprint density at radius 2 is 1.87 bits per heavy atom. The summed E-state index contributed by atoms with van der Waals surface area (Å²) in [7, 11) is 0. The van der Waals surface area contributed by atoms with E-state index in [1.807, 2.05) is 6.92 Å². The number of rotatable bonds is 6. The maximum absolute atomic E-state index is 12.2. The average molecular weight is 409 g/mol. The van der Waals surface area contributed by atoms with Crippen LogP contribution in [0.25, 0.3) is 22.1 Å². The van der Waals surface area contributed by atoms with Gasteiger partial charge in [-0.3, -0.25) is 9.36 Å². The van der Waals surface area contributed by atoms with Crippen LogP contribution in [0.5, 0.6) is 5.75 Å². The molecule has 0 unspecified atom stereocenters. The summed E-state index contributed by atoms with van der Waals surface area (Å²) in [6.07, 6.45) is 0.553. The van der Waals surface area contributed by atoms with Crippen LogP contribution >= 0.6 is 0 Å². The Kier molecular flexibility index (Phi) is 5.14. The average Bonchev–Trinajstić information content (AvgIpc) is 3.04. The number of para-hydroxylation sites is 2. The van der Waals surface area contributed by atoms with Gasteiger partial charge in [0.2, 0.25) is 0 Å². The molecule has 4 rings (SSSR count). The van der Waals surface area contributed by atoms with E-state index in [0.29, 0.717) is 34.0 Å². The first-order valence-electron chi connectivity index (χ1n) is 9.49. The van der Waals surface area contributed by atoms with Gasteiger partial charge < -0.3 is 18.7 Å². The zero-order chi connectivity index (χ0) is 21.3. The molecule has 0 atom stereocenters. The molecule has 8 heteroatoms. The van der Waals surface area contributed by atoms with Crippen molar-refractivity contribution in [2.75, 3.05) is 0 Å². The zero-order valence-electron chi connectivity index (χ0n) is 16.2. The first-order valence-corrected chi connectivity index (χ1v) is 9.49. The summed E-state index contributed by atoms with van der Waals surface area (Å²) in [5.74, 6) is -1.02. The lowest BCUT2D eigenvalue weighted by atomic mass is 10.0. The fourth-order valence-electron chi connectivity index (χ4n) is 3.37. The van der Waals surface area contributed by atoms with Crippen LogP contribution in [0.1, 0.15) is 24.5 Å². The van der Waals surface area contributed by atoms with E-state index >= 15 is 0 Å². The number of benzene rings is 2. The third-order valence-corrected chi connectivity index (χ3v) is 4.91. The number of aromatic nitrogens is 1. The van der Waals surface area contributed by atoms with Gasteiger partial charge in [0.05, 0.1) is 11.9 Å². The molecule has 0 aliphatic rings. The number of ether oxygens (including phenoxy) is 1. The summed E-state index contributed by atoms with van der Waals surface area (Å²) in [6, 6.07) is 11.3. The first-order chi connectivity index (χ1) is 14.5. The highest BCUT2D eigenvalue weighted by atomic mass is 16.5. The maximum Gasteiger partial charge on any atom is 0.419 e. The Bertz CT molecular complexity index is 1360. The summed E-state index contributed by atoms with van der Waals surface area (Å²) in [5.41, 5.74) is 1.85. The van der Waals surface area contributed by atoms with Crippen molar-refractivity contribution in [3.63, 3.8) is 0 Å². The molecule has 2 heterocycles. The molecular weight excluding hydrogens is 390 g/mol. The zero-order valence-corrected chi connectivity index (χ0v) is 16.2. The van der Waals surface area contributed by atoms with Gasteiger partial charge in [0.15, 0.2) is 5.58 Å². The van der Waals surface area contributed by atoms with Crippen LogP contribution in [-0.4, -0.2) is 15.6 Å². The Balaban J connectivity index is 1.50. The minimum Gasteiger partial charge on any atom is -0.508 e. The van der Waals surface area contributed by atoms with Crippen LogP contribution in [0.2, 0.25) is 0 Å². The number of phenolic OH excluding ortho intramolecular Hbond substituents is 1. The van der Waals surface area contributed by atoms with Gasteiger partial charge in [-0.05, 0) is 30.2 Å². The predicted octanol–water partition coefficient (Wildman–Crippen LogP) is 3.10. The number of nitrogens with zero attached hydrogens (tertiary/aromatic N) is 1. The summed E-state index contributed by atoms with van der Waals surface area (Å²) >= 11 is 0. The van der Waals surface area contributed by atoms with Crippen molar-refractivity contribution in [3.8, 4) is 5.75 Å². The molecule has 30 heavy (non-hydrogen) atoms. The molecule has 154 valence electrons. The fourth-order valence-corrected chi connectivity index (χ4v) is 3.37. The molecule has 0 saturated heterocycles. The molecule has 0 aliphatic carbocycles. The number of carbonyl (C=O) groups excluding carboxylic acids is 1. The number of oxazole rings is 1. The molecule has 2 aromatic heterocycles. The molecule has 1 N–H and O–H groups in total. The van der Waals surface area contributed by atoms with E-state index in [1.54, 1.807) is 30.3 Å². The van der Waals surface area contributed by atoms with E-state index in [2.05, 4.69) is 0 Å². The molecule has 0 saturated carbocycles. The van der Waals surface area contributed by atoms with E-state index in [4.69, 9.17) is 13.6 Å². The van der Waals surface area contributed by atoms with Gasteiger partial charge in [-0.2, -0.15) is 0 Å². The number of phenols is 1. The molecule has 8 nitrogen and oxygen atoms in total. The molecule has 0 fully saturated rings. The second kappa shape index (κ2) is 7.90. The number of aryl methyl sites for hydroxylation is 2. The summed E-state index contributed by atoms with van der Waals surface area (Å²) < 4.78 is 17.0. The normalized spacial score (nSPS) is 11.2. The third-order valence-electron chi connectivity index (χ3n) is 4.91. The lowest BCUT2D eigenvalue weighted by Gasteiger charge is -2.09. The molecule has 0 bridgehead atoms. The van der Waals surface area contributed by atoms with Crippen molar-refractivity contribution < 1.29 is 23.5 Å². The molecule has 2 aromatic carbocycles. The molecule has 4 aromatic rings. The predicted molar refractivity (Wildman–Crippen MR) is 108 cm³/mol. The van der Waals surface area contributed by atoms with Crippen molar-refractivity contribution in [2.45, 2.75) is 32.9 Å². The number of hydrogen-bond acceptors (Lipinski definition) is 7. The van der Waals surface area contributed by atoms with Gasteiger partial charge in [-0.15, -0.1) is 0 Å². The number of fused-ring (bicyclic) bond motifs is 2. The third kappa shape index (κ3) is 3.71. The Labute approximate surface area is 169 Å². The van der Waals surface area contributed by atoms with E-state index in [9.17, 15) is 19.5 Å². The lowest BCUT2D eigenvalue weighted by molar-refractivity contribution is -0.145. The van der Waals surface area contributed by atoms with Crippen molar-refractivity contribution in [1.29, 1.82) is 0 Å². The monoisotopic (exact) mass is 409 g/mol. The Hall–Kier alpha value is -3.81. The van der Waals surface area contributed by atoms with Crippen LogP contribution in [0.3, 0.4) is 0 Å². The highest BCUT2D eigenvalue weighted by Crippen LogP contribution is 2.27. The van der Waals surface area contributed by atoms with Crippen LogP contribution in [0.15, 0.2) is 60.9 Å². The highest BCUT2D eigenvalue weighted by Gasteiger charge is 2.14. The van der Waals surface area contributed by atoms with E-state index in [0.717, 1.165) is 0 Å². The lowest BCUT2D eigenvalue weighted by Crippen LogP contribution is -2.17. The molecule has 0 amide bonds. The van der Waals surface area contributed by atoms with Crippen molar-refractivity contribution >= 4 is 28.0 Å². The molecule has 0 radical (unpaired) electrons. The van der Waals surface area contributed by atoms with E-state index in [-0.39, 0.29) is 30.9 Å². The first kappa shape index (κ1) is 19.5. The van der Waals surface area contributed by atoms with Gasteiger partial charge in [0.25, 0.3) is 0 Å². The van der Waals surface area contributed by atoms with Gasteiger partial charge in [-0.25, -0.2) is 9.59 Å². The van der Waals surface area contributed by atoms with E-state index in [1.165, 1.54) is 16.7 Å². The van der Waals surface area contributed by atoms with Crippen LogP contribution < -0.4 is 11.4 Å². The number of esters is 1. The number of carbonyl (C=O) groups is 1. The van der Waals surface area contributed by atoms with Gasteiger partial charge in [-0.1, -0.05) is 19.1 Å². The Morgan fingerprint density at radius 1 is 1.07 bits per heavy atom. The minimum absolute atomic E-state index is 0.0379. The van der Waals surface area contributed by atoms with Crippen molar-refractivity contribution in [1.82, 2.24) is 4.57 Å². The summed E-state index contributed by atoms with van der Waals surface area (Å²) in [4.78, 5) is 36.0. The SMILES string of the molecule is CCc1cc2c(COC(=O)CCn3c(=O)oc4ccccc43)cc(=O)oc2cc1O. The quantitative estimate of drug-likeness (QED) is 0.385. The van der Waals surface area contributed by atoms with Crippen LogP contribution in [0.4, 0.5) is 0 Å². The molecule has 0 spiro atoms. The van der Waals surface area contributed by atoms with E-state index < -0.39 is 17.4 Å². The maximum atomic E-state index is 12.2. The minimum atomic E-state index is -0.603. The second-order valence-corrected chi connectivity index (χ2v) is 6.82. The van der Waals surface area contributed by atoms with Crippen LogP contribution in [-0.2, 0) is 29.1 Å². The largest absolute Gasteiger partial charge is 0.508 e.